The fraction of sp³-hybridized carbons (Fsp3) is 0.538. The topological polar surface area (TPSA) is 99.7 Å². The van der Waals surface area contributed by atoms with Crippen molar-refractivity contribution >= 4 is 35.0 Å². The molecule has 0 unspecified atom stereocenters. The normalized spacial score (nSPS) is 19.0. The van der Waals surface area contributed by atoms with Gasteiger partial charge in [-0.3, -0.25) is 9.59 Å². The zero-order valence-electron chi connectivity index (χ0n) is 20.5. The van der Waals surface area contributed by atoms with E-state index in [0.29, 0.717) is 42.0 Å². The van der Waals surface area contributed by atoms with Gasteiger partial charge in [0.05, 0.1) is 19.0 Å². The van der Waals surface area contributed by atoms with E-state index >= 15 is 0 Å². The molecule has 1 aromatic carbocycles. The molecule has 0 bridgehead atoms. The van der Waals surface area contributed by atoms with Crippen LogP contribution in [0.5, 0.6) is 5.75 Å². The molecule has 1 aromatic heterocycles. The second-order valence-corrected chi connectivity index (χ2v) is 9.73. The summed E-state index contributed by atoms with van der Waals surface area (Å²) in [6, 6.07) is 6.00. The minimum Gasteiger partial charge on any atom is -0.495 e. The van der Waals surface area contributed by atoms with Crippen molar-refractivity contribution in [3.8, 4) is 5.75 Å². The summed E-state index contributed by atoms with van der Waals surface area (Å²) in [6.45, 7) is 0.658. The highest BCUT2D eigenvalue weighted by molar-refractivity contribution is 5.97. The van der Waals surface area contributed by atoms with Crippen LogP contribution in [-0.2, 0) is 4.79 Å². The molecule has 2 amide bonds. The van der Waals surface area contributed by atoms with Crippen LogP contribution in [0.25, 0.3) is 0 Å². The van der Waals surface area contributed by atoms with E-state index in [1.165, 1.54) is 25.7 Å². The Kier molecular flexibility index (Phi) is 6.74. The standard InChI is InChI=1S/C26H34N6O3/c1-31-21-16-27-26(30-24(21)32(14-13-23(31)33)19-9-5-6-10-19)29-20-12-11-17(15-22(20)35-2)25(34)28-18-7-3-4-8-18/h11-12,15-16,18-19H,3-10,13-14H2,1-2H3,(H,28,34)(H,27,29,30). The third kappa shape index (κ3) is 4.90. The van der Waals surface area contributed by atoms with Crippen LogP contribution in [0.4, 0.5) is 23.1 Å². The van der Waals surface area contributed by atoms with Crippen molar-refractivity contribution in [1.82, 2.24) is 15.3 Å². The van der Waals surface area contributed by atoms with Crippen LogP contribution in [0.15, 0.2) is 24.4 Å². The predicted octanol–water partition coefficient (Wildman–Crippen LogP) is 4.02. The molecule has 1 aliphatic heterocycles. The number of carbonyl (C=O) groups is 2. The molecule has 2 aliphatic carbocycles. The van der Waals surface area contributed by atoms with E-state index in [9.17, 15) is 9.59 Å². The average molecular weight is 479 g/mol. The number of fused-ring (bicyclic) bond motifs is 1. The van der Waals surface area contributed by atoms with Gasteiger partial charge in [0.25, 0.3) is 5.91 Å². The highest BCUT2D eigenvalue weighted by atomic mass is 16.5. The van der Waals surface area contributed by atoms with E-state index in [0.717, 1.165) is 37.2 Å². The Balaban J connectivity index is 1.40. The van der Waals surface area contributed by atoms with Crippen molar-refractivity contribution in [2.75, 3.05) is 35.8 Å². The first-order valence-corrected chi connectivity index (χ1v) is 12.7. The molecule has 9 nitrogen and oxygen atoms in total. The first-order chi connectivity index (χ1) is 17.0. The second-order valence-electron chi connectivity index (χ2n) is 9.73. The van der Waals surface area contributed by atoms with Crippen LogP contribution in [0.3, 0.4) is 0 Å². The number of methoxy groups -OCH3 is 1. The number of hydrogen-bond acceptors (Lipinski definition) is 7. The van der Waals surface area contributed by atoms with E-state index in [4.69, 9.17) is 9.72 Å². The summed E-state index contributed by atoms with van der Waals surface area (Å²) in [5.74, 6) is 1.75. The van der Waals surface area contributed by atoms with Gasteiger partial charge in [-0.15, -0.1) is 0 Å². The van der Waals surface area contributed by atoms with Crippen molar-refractivity contribution in [3.05, 3.63) is 30.0 Å². The van der Waals surface area contributed by atoms with Gasteiger partial charge in [0.1, 0.15) is 11.4 Å². The number of amides is 2. The molecule has 0 radical (unpaired) electrons. The number of anilines is 4. The number of carbonyl (C=O) groups excluding carboxylic acids is 2. The molecule has 2 fully saturated rings. The maximum Gasteiger partial charge on any atom is 0.251 e. The third-order valence-electron chi connectivity index (χ3n) is 7.49. The second kappa shape index (κ2) is 10.1. The molecule has 5 rings (SSSR count). The monoisotopic (exact) mass is 478 g/mol. The quantitative estimate of drug-likeness (QED) is 0.647. The van der Waals surface area contributed by atoms with Gasteiger partial charge in [-0.2, -0.15) is 4.98 Å². The van der Waals surface area contributed by atoms with E-state index < -0.39 is 0 Å². The number of aromatic nitrogens is 2. The fourth-order valence-electron chi connectivity index (χ4n) is 5.47. The molecule has 186 valence electrons. The van der Waals surface area contributed by atoms with Gasteiger partial charge in [-0.1, -0.05) is 25.7 Å². The van der Waals surface area contributed by atoms with Crippen molar-refractivity contribution in [2.45, 2.75) is 69.9 Å². The summed E-state index contributed by atoms with van der Waals surface area (Å²) in [6.07, 6.45) is 11.2. The smallest absolute Gasteiger partial charge is 0.251 e. The number of nitrogens with one attached hydrogen (secondary N) is 2. The van der Waals surface area contributed by atoms with Crippen molar-refractivity contribution in [3.63, 3.8) is 0 Å². The van der Waals surface area contributed by atoms with Crippen molar-refractivity contribution in [2.24, 2.45) is 0 Å². The summed E-state index contributed by atoms with van der Waals surface area (Å²) in [5, 5.41) is 6.38. The highest BCUT2D eigenvalue weighted by Gasteiger charge is 2.31. The Morgan fingerprint density at radius 1 is 1.11 bits per heavy atom. The average Bonchev–Trinajstić information content (AvgIpc) is 3.57. The predicted molar refractivity (Wildman–Crippen MR) is 136 cm³/mol. The largest absolute Gasteiger partial charge is 0.495 e. The minimum absolute atomic E-state index is 0.0733. The van der Waals surface area contributed by atoms with Gasteiger partial charge in [-0.05, 0) is 43.9 Å². The molecule has 0 spiro atoms. The molecule has 35 heavy (non-hydrogen) atoms. The molecule has 3 aliphatic rings. The van der Waals surface area contributed by atoms with Crippen LogP contribution >= 0.6 is 0 Å². The zero-order chi connectivity index (χ0) is 24.4. The number of rotatable bonds is 6. The molecule has 2 saturated carbocycles. The van der Waals surface area contributed by atoms with Gasteiger partial charge >= 0.3 is 0 Å². The van der Waals surface area contributed by atoms with Crippen LogP contribution < -0.4 is 25.2 Å². The van der Waals surface area contributed by atoms with E-state index in [-0.39, 0.29) is 17.9 Å². The van der Waals surface area contributed by atoms with Crippen LogP contribution in [-0.4, -0.2) is 54.6 Å². The molecule has 2 N–H and O–H groups in total. The lowest BCUT2D eigenvalue weighted by Gasteiger charge is -2.30. The number of benzene rings is 1. The molecule has 0 saturated heterocycles. The minimum atomic E-state index is -0.0806. The van der Waals surface area contributed by atoms with Gasteiger partial charge < -0.3 is 25.2 Å². The first-order valence-electron chi connectivity index (χ1n) is 12.7. The summed E-state index contributed by atoms with van der Waals surface area (Å²) >= 11 is 0. The summed E-state index contributed by atoms with van der Waals surface area (Å²) < 4.78 is 5.58. The van der Waals surface area contributed by atoms with Crippen molar-refractivity contribution < 1.29 is 14.3 Å². The van der Waals surface area contributed by atoms with Crippen LogP contribution in [0, 0.1) is 0 Å². The van der Waals surface area contributed by atoms with Gasteiger partial charge in [0.15, 0.2) is 5.82 Å². The van der Waals surface area contributed by atoms with Crippen LogP contribution in [0.1, 0.15) is 68.1 Å². The maximum absolute atomic E-state index is 12.7. The van der Waals surface area contributed by atoms with Crippen LogP contribution in [0.2, 0.25) is 0 Å². The summed E-state index contributed by atoms with van der Waals surface area (Å²) in [7, 11) is 3.37. The Morgan fingerprint density at radius 3 is 2.60 bits per heavy atom. The van der Waals surface area contributed by atoms with E-state index in [2.05, 4.69) is 20.5 Å². The Morgan fingerprint density at radius 2 is 1.86 bits per heavy atom. The Hall–Kier alpha value is -3.36. The number of hydrogen-bond donors (Lipinski definition) is 2. The number of ether oxygens (including phenoxy) is 1. The maximum atomic E-state index is 12.7. The molecule has 2 aromatic rings. The Bertz CT molecular complexity index is 1090. The molecular weight excluding hydrogens is 444 g/mol. The fourth-order valence-corrected chi connectivity index (χ4v) is 5.47. The molecule has 2 heterocycles. The highest BCUT2D eigenvalue weighted by Crippen LogP contribution is 2.37. The van der Waals surface area contributed by atoms with Gasteiger partial charge in [0, 0.05) is 37.7 Å². The van der Waals surface area contributed by atoms with Gasteiger partial charge in [-0.25, -0.2) is 4.98 Å². The molecule has 0 atom stereocenters. The zero-order valence-corrected chi connectivity index (χ0v) is 20.5. The lowest BCUT2D eigenvalue weighted by atomic mass is 10.1. The molecular formula is C26H34N6O3. The SMILES string of the molecule is COc1cc(C(=O)NC2CCCC2)ccc1Nc1ncc2c(n1)N(C1CCCC1)CCC(=O)N2C. The summed E-state index contributed by atoms with van der Waals surface area (Å²) in [4.78, 5) is 38.6. The van der Waals surface area contributed by atoms with Crippen molar-refractivity contribution in [1.29, 1.82) is 0 Å². The lowest BCUT2D eigenvalue weighted by molar-refractivity contribution is -0.118. The number of nitrogens with zero attached hydrogens (tertiary/aromatic N) is 4. The lowest BCUT2D eigenvalue weighted by Crippen LogP contribution is -2.34. The third-order valence-corrected chi connectivity index (χ3v) is 7.49. The van der Waals surface area contributed by atoms with E-state index in [1.807, 2.05) is 6.07 Å². The van der Waals surface area contributed by atoms with E-state index in [1.54, 1.807) is 37.4 Å². The Labute approximate surface area is 206 Å². The summed E-state index contributed by atoms with van der Waals surface area (Å²) in [5.41, 5.74) is 1.97. The molecule has 9 heteroatoms. The first kappa shape index (κ1) is 23.4. The van der Waals surface area contributed by atoms with Gasteiger partial charge in [0.2, 0.25) is 11.9 Å².